The molecule has 1 aromatic carbocycles. The molecule has 1 aliphatic rings. The van der Waals surface area contributed by atoms with E-state index in [0.717, 1.165) is 38.2 Å². The van der Waals surface area contributed by atoms with Crippen molar-refractivity contribution in [2.45, 2.75) is 52.9 Å². The Hall–Kier alpha value is -2.07. The quantitative estimate of drug-likeness (QED) is 0.579. The molecule has 0 aromatic heterocycles. The van der Waals surface area contributed by atoms with Crippen molar-refractivity contribution in [2.24, 2.45) is 0 Å². The van der Waals surface area contributed by atoms with E-state index >= 15 is 0 Å². The molecule has 154 valence electrons. The van der Waals surface area contributed by atoms with Gasteiger partial charge in [-0.1, -0.05) is 23.6 Å². The molecule has 2 rings (SSSR count). The Kier molecular flexibility index (Phi) is 9.84. The number of carbonyl (C=O) groups excluding carboxylic acids is 1. The monoisotopic (exact) mass is 384 g/mol. The summed E-state index contributed by atoms with van der Waals surface area (Å²) in [6.45, 7) is 10.9. The van der Waals surface area contributed by atoms with E-state index in [1.165, 1.54) is 30.4 Å². The molecule has 28 heavy (non-hydrogen) atoms. The number of piperidine rings is 1. The van der Waals surface area contributed by atoms with E-state index in [4.69, 9.17) is 4.74 Å². The summed E-state index contributed by atoms with van der Waals surface area (Å²) >= 11 is 0. The van der Waals surface area contributed by atoms with Gasteiger partial charge in [0.25, 0.3) is 5.91 Å². The van der Waals surface area contributed by atoms with E-state index in [1.807, 2.05) is 24.3 Å². The van der Waals surface area contributed by atoms with Gasteiger partial charge in [0.15, 0.2) is 0 Å². The van der Waals surface area contributed by atoms with Crippen LogP contribution in [0.1, 0.15) is 63.2 Å². The summed E-state index contributed by atoms with van der Waals surface area (Å²) in [6.07, 6.45) is 10.4. The van der Waals surface area contributed by atoms with E-state index in [2.05, 4.69) is 43.1 Å². The van der Waals surface area contributed by atoms with Crippen molar-refractivity contribution in [1.29, 1.82) is 0 Å². The minimum atomic E-state index is -0.0152. The first kappa shape index (κ1) is 22.2. The van der Waals surface area contributed by atoms with Crippen molar-refractivity contribution in [3.05, 3.63) is 53.1 Å². The number of carbonyl (C=O) groups is 1. The molecule has 0 aliphatic carbocycles. The fraction of sp³-hybridized carbons (Fsp3) is 0.542. The lowest BCUT2D eigenvalue weighted by molar-refractivity contribution is 0.0946. The first-order chi connectivity index (χ1) is 13.5. The number of rotatable bonds is 10. The highest BCUT2D eigenvalue weighted by Crippen LogP contribution is 2.13. The van der Waals surface area contributed by atoms with Crippen molar-refractivity contribution in [3.8, 4) is 5.75 Å². The van der Waals surface area contributed by atoms with Crippen molar-refractivity contribution < 1.29 is 9.53 Å². The van der Waals surface area contributed by atoms with Crippen LogP contribution in [-0.2, 0) is 0 Å². The van der Waals surface area contributed by atoms with Crippen LogP contribution in [0.3, 0.4) is 0 Å². The first-order valence-electron chi connectivity index (χ1n) is 10.6. The Balaban J connectivity index is 1.68. The number of hydrogen-bond acceptors (Lipinski definition) is 3. The van der Waals surface area contributed by atoms with Crippen LogP contribution in [0, 0.1) is 0 Å². The number of ether oxygens (including phenoxy) is 1. The Morgan fingerprint density at radius 1 is 1.07 bits per heavy atom. The van der Waals surface area contributed by atoms with Gasteiger partial charge in [-0.15, -0.1) is 0 Å². The van der Waals surface area contributed by atoms with E-state index < -0.39 is 0 Å². The van der Waals surface area contributed by atoms with Crippen LogP contribution in [-0.4, -0.2) is 43.6 Å². The highest BCUT2D eigenvalue weighted by molar-refractivity contribution is 5.94. The second-order valence-electron chi connectivity index (χ2n) is 7.86. The van der Waals surface area contributed by atoms with Gasteiger partial charge < -0.3 is 15.0 Å². The predicted octanol–water partition coefficient (Wildman–Crippen LogP) is 4.97. The van der Waals surface area contributed by atoms with Crippen LogP contribution in [0.2, 0.25) is 0 Å². The minimum absolute atomic E-state index is 0.0152. The number of allylic oxidation sites excluding steroid dienone is 3. The number of nitrogens with one attached hydrogen (secondary N) is 1. The van der Waals surface area contributed by atoms with Crippen LogP contribution in [0.5, 0.6) is 5.75 Å². The molecule has 4 heteroatoms. The summed E-state index contributed by atoms with van der Waals surface area (Å²) in [6, 6.07) is 7.39. The SMILES string of the molecule is CC(C)=CCC/C(C)=C/COc1ccc(C(=O)NCCN2CCCCC2)cc1. The molecule has 0 atom stereocenters. The van der Waals surface area contributed by atoms with Crippen molar-refractivity contribution in [3.63, 3.8) is 0 Å². The molecule has 1 aliphatic heterocycles. The fourth-order valence-corrected chi connectivity index (χ4v) is 3.29. The van der Waals surface area contributed by atoms with Gasteiger partial charge in [-0.2, -0.15) is 0 Å². The van der Waals surface area contributed by atoms with E-state index in [0.29, 0.717) is 18.7 Å². The maximum absolute atomic E-state index is 12.3. The average Bonchev–Trinajstić information content (AvgIpc) is 2.69. The summed E-state index contributed by atoms with van der Waals surface area (Å²) in [5.41, 5.74) is 3.38. The molecule has 0 unspecified atom stereocenters. The summed E-state index contributed by atoms with van der Waals surface area (Å²) in [4.78, 5) is 14.7. The third kappa shape index (κ3) is 8.75. The molecule has 0 spiro atoms. The lowest BCUT2D eigenvalue weighted by Gasteiger charge is -2.26. The smallest absolute Gasteiger partial charge is 0.251 e. The van der Waals surface area contributed by atoms with Crippen LogP contribution < -0.4 is 10.1 Å². The molecule has 1 aromatic rings. The van der Waals surface area contributed by atoms with Gasteiger partial charge in [0.1, 0.15) is 12.4 Å². The minimum Gasteiger partial charge on any atom is -0.490 e. The molecule has 1 saturated heterocycles. The van der Waals surface area contributed by atoms with Crippen LogP contribution in [0.25, 0.3) is 0 Å². The molecule has 1 heterocycles. The van der Waals surface area contributed by atoms with Gasteiger partial charge in [0, 0.05) is 18.7 Å². The Morgan fingerprint density at radius 3 is 2.46 bits per heavy atom. The number of amides is 1. The summed E-state index contributed by atoms with van der Waals surface area (Å²) in [7, 11) is 0. The summed E-state index contributed by atoms with van der Waals surface area (Å²) < 4.78 is 5.77. The molecule has 0 saturated carbocycles. The van der Waals surface area contributed by atoms with Crippen LogP contribution >= 0.6 is 0 Å². The number of nitrogens with zero attached hydrogens (tertiary/aromatic N) is 1. The molecule has 4 nitrogen and oxygen atoms in total. The zero-order chi connectivity index (χ0) is 20.2. The Labute approximate surface area is 170 Å². The Morgan fingerprint density at radius 2 is 1.79 bits per heavy atom. The number of likely N-dealkylation sites (tertiary alicyclic amines) is 1. The number of benzene rings is 1. The zero-order valence-electron chi connectivity index (χ0n) is 17.8. The largest absolute Gasteiger partial charge is 0.490 e. The predicted molar refractivity (Wildman–Crippen MR) is 117 cm³/mol. The summed E-state index contributed by atoms with van der Waals surface area (Å²) in [5, 5.41) is 3.02. The molecule has 0 radical (unpaired) electrons. The second kappa shape index (κ2) is 12.4. The fourth-order valence-electron chi connectivity index (χ4n) is 3.29. The van der Waals surface area contributed by atoms with Crippen molar-refractivity contribution in [1.82, 2.24) is 10.2 Å². The molecule has 0 bridgehead atoms. The lowest BCUT2D eigenvalue weighted by Crippen LogP contribution is -2.37. The summed E-state index contributed by atoms with van der Waals surface area (Å²) in [5.74, 6) is 0.775. The van der Waals surface area contributed by atoms with Gasteiger partial charge in [0.2, 0.25) is 0 Å². The molecule has 1 N–H and O–H groups in total. The first-order valence-corrected chi connectivity index (χ1v) is 10.6. The highest BCUT2D eigenvalue weighted by Gasteiger charge is 2.10. The third-order valence-corrected chi connectivity index (χ3v) is 5.05. The molecular weight excluding hydrogens is 348 g/mol. The molecule has 1 fully saturated rings. The van der Waals surface area contributed by atoms with Gasteiger partial charge >= 0.3 is 0 Å². The lowest BCUT2D eigenvalue weighted by atomic mass is 10.1. The van der Waals surface area contributed by atoms with Gasteiger partial charge in [-0.25, -0.2) is 0 Å². The standard InChI is InChI=1S/C24H36N2O2/c1-20(2)8-7-9-21(3)14-19-28-23-12-10-22(11-13-23)24(27)25-15-18-26-16-5-4-6-17-26/h8,10-14H,4-7,9,15-19H2,1-3H3,(H,25,27)/b21-14+. The topological polar surface area (TPSA) is 41.6 Å². The highest BCUT2D eigenvalue weighted by atomic mass is 16.5. The van der Waals surface area contributed by atoms with Crippen molar-refractivity contribution >= 4 is 5.91 Å². The third-order valence-electron chi connectivity index (χ3n) is 5.05. The average molecular weight is 385 g/mol. The Bertz CT molecular complexity index is 652. The van der Waals surface area contributed by atoms with Gasteiger partial charge in [0.05, 0.1) is 0 Å². The van der Waals surface area contributed by atoms with Crippen molar-refractivity contribution in [2.75, 3.05) is 32.8 Å². The van der Waals surface area contributed by atoms with E-state index in [1.54, 1.807) is 0 Å². The van der Waals surface area contributed by atoms with Crippen LogP contribution in [0.4, 0.5) is 0 Å². The van der Waals surface area contributed by atoms with Crippen LogP contribution in [0.15, 0.2) is 47.6 Å². The van der Waals surface area contributed by atoms with E-state index in [-0.39, 0.29) is 5.91 Å². The zero-order valence-corrected chi connectivity index (χ0v) is 17.8. The van der Waals surface area contributed by atoms with Gasteiger partial charge in [-0.3, -0.25) is 4.79 Å². The van der Waals surface area contributed by atoms with E-state index in [9.17, 15) is 4.79 Å². The van der Waals surface area contributed by atoms with Gasteiger partial charge in [-0.05, 0) is 89.9 Å². The normalized spacial score (nSPS) is 15.2. The molecule has 1 amide bonds. The molecular formula is C24H36N2O2. The second-order valence-corrected chi connectivity index (χ2v) is 7.86. The maximum Gasteiger partial charge on any atom is 0.251 e. The maximum atomic E-state index is 12.3. The number of hydrogen-bond donors (Lipinski definition) is 1.